The van der Waals surface area contributed by atoms with Gasteiger partial charge in [-0.25, -0.2) is 4.79 Å². The second-order valence-corrected chi connectivity index (χ2v) is 9.35. The zero-order valence-electron chi connectivity index (χ0n) is 18.0. The van der Waals surface area contributed by atoms with Gasteiger partial charge >= 0.3 is 6.03 Å². The predicted molar refractivity (Wildman–Crippen MR) is 129 cm³/mol. The molecule has 32 heavy (non-hydrogen) atoms. The summed E-state index contributed by atoms with van der Waals surface area (Å²) < 4.78 is 12.1. The molecule has 7 nitrogen and oxygen atoms in total. The van der Waals surface area contributed by atoms with Gasteiger partial charge in [-0.1, -0.05) is 18.2 Å². The lowest BCUT2D eigenvalue weighted by atomic mass is 10.1. The molecule has 2 aliphatic rings. The van der Waals surface area contributed by atoms with Crippen LogP contribution < -0.4 is 25.4 Å². The molecule has 2 aliphatic heterocycles. The Morgan fingerprint density at radius 1 is 1.03 bits per heavy atom. The Labute approximate surface area is 191 Å². The van der Waals surface area contributed by atoms with E-state index in [-0.39, 0.29) is 0 Å². The number of primary amides is 1. The highest BCUT2D eigenvalue weighted by Crippen LogP contribution is 2.37. The minimum atomic E-state index is -0.505. The van der Waals surface area contributed by atoms with Gasteiger partial charge in [0, 0.05) is 52.9 Å². The number of amides is 2. The van der Waals surface area contributed by atoms with Crippen LogP contribution in [0.25, 0.3) is 10.1 Å². The number of unbranched alkanes of at least 4 members (excludes halogenated alkanes) is 1. The Morgan fingerprint density at radius 2 is 1.84 bits per heavy atom. The van der Waals surface area contributed by atoms with E-state index >= 15 is 0 Å². The van der Waals surface area contributed by atoms with Crippen LogP contribution in [-0.2, 0) is 6.42 Å². The lowest BCUT2D eigenvalue weighted by molar-refractivity contribution is 0.174. The summed E-state index contributed by atoms with van der Waals surface area (Å²) in [4.78, 5) is 17.6. The van der Waals surface area contributed by atoms with Gasteiger partial charge in [-0.2, -0.15) is 0 Å². The van der Waals surface area contributed by atoms with Crippen molar-refractivity contribution in [2.45, 2.75) is 19.3 Å². The third-order valence-corrected chi connectivity index (χ3v) is 7.37. The van der Waals surface area contributed by atoms with Crippen molar-refractivity contribution in [3.63, 3.8) is 0 Å². The average molecular weight is 453 g/mol. The zero-order valence-corrected chi connectivity index (χ0v) is 18.8. The fourth-order valence-electron chi connectivity index (χ4n) is 4.46. The molecule has 5 rings (SSSR count). The molecule has 3 aromatic rings. The number of hydrogen-bond donors (Lipinski definition) is 2. The zero-order chi connectivity index (χ0) is 21.9. The molecule has 0 aliphatic carbocycles. The molecule has 8 heteroatoms. The first-order valence-corrected chi connectivity index (χ1v) is 11.9. The summed E-state index contributed by atoms with van der Waals surface area (Å²) in [6, 6.07) is 13.9. The van der Waals surface area contributed by atoms with Crippen molar-refractivity contribution in [1.29, 1.82) is 0 Å². The van der Waals surface area contributed by atoms with Gasteiger partial charge in [0.1, 0.15) is 0 Å². The van der Waals surface area contributed by atoms with Crippen LogP contribution in [0.4, 0.5) is 16.2 Å². The number of carbonyl (C=O) groups is 1. The highest BCUT2D eigenvalue weighted by molar-refractivity contribution is 7.19. The van der Waals surface area contributed by atoms with E-state index in [4.69, 9.17) is 15.2 Å². The topological polar surface area (TPSA) is 80.1 Å². The molecule has 2 aromatic carbocycles. The summed E-state index contributed by atoms with van der Waals surface area (Å²) in [5.41, 5.74) is 7.49. The van der Waals surface area contributed by atoms with Crippen LogP contribution in [-0.4, -0.2) is 50.4 Å². The van der Waals surface area contributed by atoms with E-state index < -0.39 is 6.03 Å². The average Bonchev–Trinajstić information content (AvgIpc) is 3.41. The van der Waals surface area contributed by atoms with Crippen molar-refractivity contribution in [3.05, 3.63) is 47.3 Å². The Morgan fingerprint density at radius 3 is 2.69 bits per heavy atom. The molecule has 0 spiro atoms. The van der Waals surface area contributed by atoms with Crippen molar-refractivity contribution >= 4 is 38.8 Å². The highest BCUT2D eigenvalue weighted by Gasteiger charge is 2.20. The van der Waals surface area contributed by atoms with Crippen molar-refractivity contribution in [2.75, 3.05) is 49.7 Å². The summed E-state index contributed by atoms with van der Waals surface area (Å²) in [7, 11) is 0. The molecule has 0 saturated carbocycles. The van der Waals surface area contributed by atoms with Gasteiger partial charge in [0.2, 0.25) is 6.79 Å². The Bertz CT molecular complexity index is 1110. The van der Waals surface area contributed by atoms with Crippen LogP contribution in [0.2, 0.25) is 0 Å². The number of nitrogens with zero attached hydrogens (tertiary/aromatic N) is 2. The molecule has 3 heterocycles. The Kier molecular flexibility index (Phi) is 6.05. The predicted octanol–water partition coefficient (Wildman–Crippen LogP) is 4.27. The third kappa shape index (κ3) is 4.47. The van der Waals surface area contributed by atoms with Gasteiger partial charge < -0.3 is 25.4 Å². The fourth-order valence-corrected chi connectivity index (χ4v) is 5.67. The second kappa shape index (κ2) is 9.26. The Hall–Kier alpha value is -2.97. The standard InChI is InChI=1S/C24H28N4O3S/c25-24(29)26-23-18-5-1-2-6-21(18)32-22(23)7-3-4-10-27-11-13-28(14-12-27)17-8-9-19-20(15-17)31-16-30-19/h1-2,5-6,8-9,15H,3-4,7,10-14,16H2,(H3,25,26,29). The molecule has 0 atom stereocenters. The SMILES string of the molecule is NC(=O)Nc1c(CCCCN2CCN(c3ccc4c(c3)OCO4)CC2)sc2ccccc12. The van der Waals surface area contributed by atoms with Crippen LogP contribution >= 0.6 is 11.3 Å². The van der Waals surface area contributed by atoms with E-state index in [0.29, 0.717) is 6.79 Å². The number of urea groups is 1. The lowest BCUT2D eigenvalue weighted by Crippen LogP contribution is -2.46. The Balaban J connectivity index is 1.10. The summed E-state index contributed by atoms with van der Waals surface area (Å²) in [5.74, 6) is 1.68. The van der Waals surface area contributed by atoms with Crippen molar-refractivity contribution in [1.82, 2.24) is 4.90 Å². The molecule has 0 radical (unpaired) electrons. The summed E-state index contributed by atoms with van der Waals surface area (Å²) in [5, 5.41) is 3.91. The molecule has 1 aromatic heterocycles. The number of nitrogens with one attached hydrogen (secondary N) is 1. The van der Waals surface area contributed by atoms with Crippen molar-refractivity contribution < 1.29 is 14.3 Å². The number of anilines is 2. The van der Waals surface area contributed by atoms with E-state index in [0.717, 1.165) is 74.6 Å². The summed E-state index contributed by atoms with van der Waals surface area (Å²) in [6.07, 6.45) is 3.17. The van der Waals surface area contributed by atoms with E-state index in [1.54, 1.807) is 11.3 Å². The van der Waals surface area contributed by atoms with Crippen molar-refractivity contribution in [2.24, 2.45) is 5.73 Å². The smallest absolute Gasteiger partial charge is 0.316 e. The number of fused-ring (bicyclic) bond motifs is 2. The number of piperazine rings is 1. The van der Waals surface area contributed by atoms with Gasteiger partial charge in [-0.15, -0.1) is 11.3 Å². The van der Waals surface area contributed by atoms with Crippen molar-refractivity contribution in [3.8, 4) is 11.5 Å². The number of ether oxygens (including phenoxy) is 2. The maximum Gasteiger partial charge on any atom is 0.316 e. The highest BCUT2D eigenvalue weighted by atomic mass is 32.1. The first-order valence-electron chi connectivity index (χ1n) is 11.1. The summed E-state index contributed by atoms with van der Waals surface area (Å²) >= 11 is 1.75. The van der Waals surface area contributed by atoms with Crippen LogP contribution in [0.1, 0.15) is 17.7 Å². The fraction of sp³-hybridized carbons (Fsp3) is 0.375. The minimum absolute atomic E-state index is 0.314. The lowest BCUT2D eigenvalue weighted by Gasteiger charge is -2.36. The normalized spacial score (nSPS) is 15.9. The maximum atomic E-state index is 11.5. The molecule has 3 N–H and O–H groups in total. The monoisotopic (exact) mass is 452 g/mol. The van der Waals surface area contributed by atoms with Crippen LogP contribution in [0.15, 0.2) is 42.5 Å². The maximum absolute atomic E-state index is 11.5. The number of carbonyl (C=O) groups excluding carboxylic acids is 1. The second-order valence-electron chi connectivity index (χ2n) is 8.21. The molecule has 1 saturated heterocycles. The van der Waals surface area contributed by atoms with E-state index in [1.807, 2.05) is 24.3 Å². The quantitative estimate of drug-likeness (QED) is 0.524. The summed E-state index contributed by atoms with van der Waals surface area (Å²) in [6.45, 7) is 5.56. The number of benzene rings is 2. The van der Waals surface area contributed by atoms with Crippen LogP contribution in [0, 0.1) is 0 Å². The number of thiophene rings is 1. The number of rotatable bonds is 7. The van der Waals surface area contributed by atoms with Gasteiger partial charge in [0.25, 0.3) is 0 Å². The molecular weight excluding hydrogens is 424 g/mol. The third-order valence-electron chi connectivity index (χ3n) is 6.14. The molecule has 168 valence electrons. The van der Waals surface area contributed by atoms with Crippen LogP contribution in [0.5, 0.6) is 11.5 Å². The number of aryl methyl sites for hydroxylation is 1. The molecule has 0 bridgehead atoms. The molecule has 1 fully saturated rings. The van der Waals surface area contributed by atoms with E-state index in [2.05, 4.69) is 33.3 Å². The molecular formula is C24H28N4O3S. The van der Waals surface area contributed by atoms with E-state index in [9.17, 15) is 4.79 Å². The largest absolute Gasteiger partial charge is 0.454 e. The van der Waals surface area contributed by atoms with Gasteiger partial charge in [0.15, 0.2) is 11.5 Å². The van der Waals surface area contributed by atoms with Gasteiger partial charge in [-0.3, -0.25) is 4.90 Å². The number of hydrogen-bond acceptors (Lipinski definition) is 6. The van der Waals surface area contributed by atoms with Crippen LogP contribution in [0.3, 0.4) is 0 Å². The molecule has 0 unspecified atom stereocenters. The number of nitrogens with two attached hydrogens (primary N) is 1. The van der Waals surface area contributed by atoms with Gasteiger partial charge in [-0.05, 0) is 44.0 Å². The minimum Gasteiger partial charge on any atom is -0.454 e. The first kappa shape index (κ1) is 20.9. The first-order chi connectivity index (χ1) is 15.7. The molecule has 2 amide bonds. The van der Waals surface area contributed by atoms with Gasteiger partial charge in [0.05, 0.1) is 5.69 Å². The van der Waals surface area contributed by atoms with E-state index in [1.165, 1.54) is 15.3 Å².